The summed E-state index contributed by atoms with van der Waals surface area (Å²) in [4.78, 5) is 0.0984. The van der Waals surface area contributed by atoms with E-state index in [1.807, 2.05) is 67.6 Å². The molecule has 2 aliphatic heterocycles. The highest BCUT2D eigenvalue weighted by Crippen LogP contribution is 2.40. The Kier molecular flexibility index (Phi) is 8.06. The van der Waals surface area contributed by atoms with Crippen molar-refractivity contribution in [1.29, 1.82) is 0 Å². The largest absolute Gasteiger partial charge is 0.346 e. The van der Waals surface area contributed by atoms with E-state index in [9.17, 15) is 8.42 Å². The van der Waals surface area contributed by atoms with E-state index in [1.54, 1.807) is 24.3 Å². The van der Waals surface area contributed by atoms with Gasteiger partial charge >= 0.3 is 0 Å². The van der Waals surface area contributed by atoms with Crippen LogP contribution in [-0.4, -0.2) is 43.9 Å². The number of aryl methyl sites for hydroxylation is 1. The summed E-state index contributed by atoms with van der Waals surface area (Å²) >= 11 is 2.12. The first-order valence-corrected chi connectivity index (χ1v) is 14.6. The molecule has 9 heteroatoms. The zero-order valence-corrected chi connectivity index (χ0v) is 22.6. The van der Waals surface area contributed by atoms with Crippen molar-refractivity contribution < 1.29 is 31.5 Å². The lowest BCUT2D eigenvalue weighted by Crippen LogP contribution is -2.58. The maximum absolute atomic E-state index is 13.2. The SMILES string of the molecule is Cc1ccc(S(=O)(=O)O[C@H](CI)[C@H]2O[C@@H](c3ccccc3)O[C@@H]3CO[C@H](c4ccccc4)O[C@H]23)cc1. The molecule has 190 valence electrons. The summed E-state index contributed by atoms with van der Waals surface area (Å²) in [5.41, 5.74) is 2.64. The van der Waals surface area contributed by atoms with Crippen LogP contribution in [0.2, 0.25) is 0 Å². The Bertz CT molecular complexity index is 1240. The van der Waals surface area contributed by atoms with Crippen LogP contribution in [0.5, 0.6) is 0 Å². The van der Waals surface area contributed by atoms with Gasteiger partial charge in [-0.05, 0) is 19.1 Å². The summed E-state index contributed by atoms with van der Waals surface area (Å²) in [5, 5.41) is 0. The Morgan fingerprint density at radius 2 is 1.47 bits per heavy atom. The summed E-state index contributed by atoms with van der Waals surface area (Å²) in [5.74, 6) is 0. The lowest BCUT2D eigenvalue weighted by Gasteiger charge is -2.47. The third-order valence-electron chi connectivity index (χ3n) is 6.18. The van der Waals surface area contributed by atoms with Crippen LogP contribution >= 0.6 is 22.6 Å². The zero-order chi connectivity index (χ0) is 25.1. The van der Waals surface area contributed by atoms with Crippen LogP contribution in [0.15, 0.2) is 89.8 Å². The van der Waals surface area contributed by atoms with Crippen molar-refractivity contribution in [2.75, 3.05) is 11.0 Å². The monoisotopic (exact) mass is 622 g/mol. The molecule has 2 saturated heterocycles. The van der Waals surface area contributed by atoms with Crippen molar-refractivity contribution in [3.63, 3.8) is 0 Å². The third kappa shape index (κ3) is 5.67. The van der Waals surface area contributed by atoms with Gasteiger partial charge in [0.05, 0.1) is 11.5 Å². The Morgan fingerprint density at radius 3 is 2.08 bits per heavy atom. The molecule has 0 N–H and O–H groups in total. The predicted octanol–water partition coefficient (Wildman–Crippen LogP) is 5.10. The molecule has 0 unspecified atom stereocenters. The maximum atomic E-state index is 13.2. The minimum atomic E-state index is -4.04. The molecule has 6 atom stereocenters. The molecule has 2 heterocycles. The first-order valence-electron chi connectivity index (χ1n) is 11.7. The summed E-state index contributed by atoms with van der Waals surface area (Å²) in [6.07, 6.45) is -3.94. The zero-order valence-electron chi connectivity index (χ0n) is 19.6. The highest BCUT2D eigenvalue weighted by molar-refractivity contribution is 14.1. The van der Waals surface area contributed by atoms with E-state index in [0.29, 0.717) is 4.43 Å². The summed E-state index contributed by atoms with van der Waals surface area (Å²) in [6.45, 7) is 2.17. The molecule has 5 rings (SSSR count). The fraction of sp³-hybridized carbons (Fsp3) is 0.333. The number of rotatable bonds is 7. The number of hydrogen-bond acceptors (Lipinski definition) is 7. The molecule has 3 aromatic rings. The highest BCUT2D eigenvalue weighted by atomic mass is 127. The molecule has 0 bridgehead atoms. The van der Waals surface area contributed by atoms with Gasteiger partial charge in [-0.25, -0.2) is 0 Å². The van der Waals surface area contributed by atoms with E-state index >= 15 is 0 Å². The molecular formula is C27H27IO7S. The summed E-state index contributed by atoms with van der Waals surface area (Å²) in [7, 11) is -4.04. The van der Waals surface area contributed by atoms with E-state index in [1.165, 1.54) is 0 Å². The third-order valence-corrected chi connectivity index (χ3v) is 8.40. The maximum Gasteiger partial charge on any atom is 0.297 e. The molecule has 0 aliphatic carbocycles. The van der Waals surface area contributed by atoms with Gasteiger partial charge in [-0.3, -0.25) is 4.18 Å². The molecule has 7 nitrogen and oxygen atoms in total. The van der Waals surface area contributed by atoms with Crippen molar-refractivity contribution in [2.45, 2.75) is 48.8 Å². The molecule has 0 radical (unpaired) electrons. The van der Waals surface area contributed by atoms with Crippen molar-refractivity contribution in [1.82, 2.24) is 0 Å². The van der Waals surface area contributed by atoms with Crippen molar-refractivity contribution in [3.05, 3.63) is 102 Å². The van der Waals surface area contributed by atoms with E-state index in [0.717, 1.165) is 16.7 Å². The predicted molar refractivity (Wildman–Crippen MR) is 141 cm³/mol. The number of alkyl halides is 1. The van der Waals surface area contributed by atoms with Crippen LogP contribution in [0.4, 0.5) is 0 Å². The molecule has 2 aliphatic rings. The van der Waals surface area contributed by atoms with Crippen LogP contribution in [0.3, 0.4) is 0 Å². The molecule has 2 fully saturated rings. The Balaban J connectivity index is 1.44. The minimum absolute atomic E-state index is 0.0984. The van der Waals surface area contributed by atoms with Gasteiger partial charge in [0.2, 0.25) is 0 Å². The Labute approximate surface area is 224 Å². The quantitative estimate of drug-likeness (QED) is 0.206. The standard InChI is InChI=1S/C27H27IO7S/c1-18-12-14-21(15-13-18)36(29,30)35-22(16-28)24-25-23(32-27(34-24)20-10-6-3-7-11-20)17-31-26(33-25)19-8-4-2-5-9-19/h2-15,22-27H,16-17H2,1H3/t22-,23-,24-,25+,26+,27+/m1/s1. The fourth-order valence-corrected chi connectivity index (χ4v) is 6.31. The van der Waals surface area contributed by atoms with E-state index in [4.69, 9.17) is 23.1 Å². The van der Waals surface area contributed by atoms with Gasteiger partial charge in [0.25, 0.3) is 10.1 Å². The number of benzene rings is 3. The molecule has 36 heavy (non-hydrogen) atoms. The molecular weight excluding hydrogens is 595 g/mol. The van der Waals surface area contributed by atoms with Crippen LogP contribution in [-0.2, 0) is 33.2 Å². The average molecular weight is 622 g/mol. The molecule has 0 aromatic heterocycles. The van der Waals surface area contributed by atoms with Crippen molar-refractivity contribution >= 4 is 32.7 Å². The lowest BCUT2D eigenvalue weighted by atomic mass is 10.00. The van der Waals surface area contributed by atoms with E-state index in [2.05, 4.69) is 22.6 Å². The van der Waals surface area contributed by atoms with E-state index in [-0.39, 0.29) is 11.5 Å². The second-order valence-corrected chi connectivity index (χ2v) is 11.2. The number of halogens is 1. The van der Waals surface area contributed by atoms with Crippen molar-refractivity contribution in [3.8, 4) is 0 Å². The van der Waals surface area contributed by atoms with Crippen LogP contribution in [0, 0.1) is 6.92 Å². The topological polar surface area (TPSA) is 80.3 Å². The Morgan fingerprint density at radius 1 is 0.861 bits per heavy atom. The van der Waals surface area contributed by atoms with Gasteiger partial charge in [-0.2, -0.15) is 8.42 Å². The average Bonchev–Trinajstić information content (AvgIpc) is 2.92. The Hall–Kier alpha value is -1.86. The van der Waals surface area contributed by atoms with Gasteiger partial charge in [-0.1, -0.05) is 101 Å². The highest BCUT2D eigenvalue weighted by Gasteiger charge is 2.49. The van der Waals surface area contributed by atoms with Gasteiger partial charge in [0.15, 0.2) is 12.6 Å². The second-order valence-electron chi connectivity index (χ2n) is 8.75. The fourth-order valence-electron chi connectivity index (χ4n) is 4.31. The molecule has 3 aromatic carbocycles. The number of hydrogen-bond donors (Lipinski definition) is 0. The normalized spacial score (nSPS) is 27.2. The smallest absolute Gasteiger partial charge is 0.297 e. The molecule has 0 amide bonds. The first-order chi connectivity index (χ1) is 17.4. The van der Waals surface area contributed by atoms with Gasteiger partial charge in [0.1, 0.15) is 24.4 Å². The van der Waals surface area contributed by atoms with Crippen LogP contribution in [0.25, 0.3) is 0 Å². The van der Waals surface area contributed by atoms with Crippen LogP contribution in [0.1, 0.15) is 29.3 Å². The first kappa shape index (κ1) is 25.8. The van der Waals surface area contributed by atoms with Gasteiger partial charge < -0.3 is 18.9 Å². The molecule has 0 saturated carbocycles. The molecule has 0 spiro atoms. The number of ether oxygens (including phenoxy) is 4. The van der Waals surface area contributed by atoms with Crippen molar-refractivity contribution in [2.24, 2.45) is 0 Å². The minimum Gasteiger partial charge on any atom is -0.346 e. The van der Waals surface area contributed by atoms with Gasteiger partial charge in [0, 0.05) is 15.6 Å². The number of fused-ring (bicyclic) bond motifs is 1. The van der Waals surface area contributed by atoms with Crippen LogP contribution < -0.4 is 0 Å². The van der Waals surface area contributed by atoms with E-state index < -0.39 is 47.1 Å². The van der Waals surface area contributed by atoms with Gasteiger partial charge in [-0.15, -0.1) is 0 Å². The second kappa shape index (κ2) is 11.3. The lowest BCUT2D eigenvalue weighted by molar-refractivity contribution is -0.370. The summed E-state index contributed by atoms with van der Waals surface area (Å²) < 4.78 is 57.5. The summed E-state index contributed by atoms with van der Waals surface area (Å²) in [6, 6.07) is 25.7.